The standard InChI is InChI=1S/C22H23N3O4/c1-16-6-3-4-8-19(16)22-18(7-5-9-20(22)25(28)29)10-11-21(27)24-14-12-23(13-15-24)17(2)26/h3-11H,12-15H2,1-2H3. The van der Waals surface area contributed by atoms with E-state index in [1.807, 2.05) is 31.2 Å². The smallest absolute Gasteiger partial charge is 0.277 e. The van der Waals surface area contributed by atoms with Crippen LogP contribution >= 0.6 is 0 Å². The number of benzene rings is 2. The predicted molar refractivity (Wildman–Crippen MR) is 111 cm³/mol. The van der Waals surface area contributed by atoms with Crippen molar-refractivity contribution in [2.45, 2.75) is 13.8 Å². The first-order chi connectivity index (χ1) is 13.9. The summed E-state index contributed by atoms with van der Waals surface area (Å²) in [6, 6.07) is 12.3. The first kappa shape index (κ1) is 20.3. The van der Waals surface area contributed by atoms with Crippen molar-refractivity contribution in [3.63, 3.8) is 0 Å². The Labute approximate surface area is 169 Å². The summed E-state index contributed by atoms with van der Waals surface area (Å²) in [5.74, 6) is -0.164. The molecule has 1 aliphatic rings. The Morgan fingerprint density at radius 1 is 1.00 bits per heavy atom. The summed E-state index contributed by atoms with van der Waals surface area (Å²) in [5, 5.41) is 11.6. The van der Waals surface area contributed by atoms with E-state index in [-0.39, 0.29) is 17.5 Å². The molecule has 0 aromatic heterocycles. The van der Waals surface area contributed by atoms with Gasteiger partial charge >= 0.3 is 0 Å². The van der Waals surface area contributed by atoms with Crippen LogP contribution < -0.4 is 0 Å². The zero-order chi connectivity index (χ0) is 21.0. The highest BCUT2D eigenvalue weighted by molar-refractivity contribution is 5.94. The summed E-state index contributed by atoms with van der Waals surface area (Å²) in [7, 11) is 0. The number of amides is 2. The van der Waals surface area contributed by atoms with E-state index in [0.717, 1.165) is 11.1 Å². The molecule has 29 heavy (non-hydrogen) atoms. The van der Waals surface area contributed by atoms with E-state index in [1.54, 1.807) is 28.0 Å². The Morgan fingerprint density at radius 3 is 2.28 bits per heavy atom. The normalized spacial score (nSPS) is 14.3. The van der Waals surface area contributed by atoms with Crippen molar-refractivity contribution < 1.29 is 14.5 Å². The molecular weight excluding hydrogens is 370 g/mol. The molecule has 3 rings (SSSR count). The van der Waals surface area contributed by atoms with Crippen LogP contribution in [-0.2, 0) is 9.59 Å². The van der Waals surface area contributed by atoms with E-state index < -0.39 is 4.92 Å². The Balaban J connectivity index is 1.89. The lowest BCUT2D eigenvalue weighted by molar-refractivity contribution is -0.384. The number of carbonyl (C=O) groups is 2. The average molecular weight is 393 g/mol. The van der Waals surface area contributed by atoms with Crippen molar-refractivity contribution in [1.82, 2.24) is 9.80 Å². The molecule has 0 radical (unpaired) electrons. The van der Waals surface area contributed by atoms with Gasteiger partial charge in [0, 0.05) is 45.2 Å². The minimum atomic E-state index is -0.401. The Morgan fingerprint density at radius 2 is 1.66 bits per heavy atom. The van der Waals surface area contributed by atoms with Crippen LogP contribution in [0.3, 0.4) is 0 Å². The maximum atomic E-state index is 12.6. The first-order valence-corrected chi connectivity index (χ1v) is 9.44. The van der Waals surface area contributed by atoms with Crippen LogP contribution in [0.2, 0.25) is 0 Å². The molecule has 0 atom stereocenters. The van der Waals surface area contributed by atoms with Crippen LogP contribution in [0.5, 0.6) is 0 Å². The molecule has 0 bridgehead atoms. The Hall–Kier alpha value is -3.48. The Kier molecular flexibility index (Phi) is 6.07. The lowest BCUT2D eigenvalue weighted by atomic mass is 9.94. The first-order valence-electron chi connectivity index (χ1n) is 9.44. The predicted octanol–water partition coefficient (Wildman–Crippen LogP) is 3.27. The number of aryl methyl sites for hydroxylation is 1. The second kappa shape index (κ2) is 8.68. The molecule has 150 valence electrons. The minimum Gasteiger partial charge on any atom is -0.339 e. The molecular formula is C22H23N3O4. The largest absolute Gasteiger partial charge is 0.339 e. The van der Waals surface area contributed by atoms with Crippen molar-refractivity contribution >= 4 is 23.6 Å². The molecule has 1 heterocycles. The number of carbonyl (C=O) groups excluding carboxylic acids is 2. The van der Waals surface area contributed by atoms with Gasteiger partial charge in [-0.1, -0.05) is 36.4 Å². The van der Waals surface area contributed by atoms with Gasteiger partial charge in [-0.15, -0.1) is 0 Å². The molecule has 1 saturated heterocycles. The van der Waals surface area contributed by atoms with Crippen LogP contribution in [0, 0.1) is 17.0 Å². The molecule has 0 spiro atoms. The molecule has 7 heteroatoms. The fraction of sp³-hybridized carbons (Fsp3) is 0.273. The number of piperazine rings is 1. The topological polar surface area (TPSA) is 83.8 Å². The molecule has 7 nitrogen and oxygen atoms in total. The van der Waals surface area contributed by atoms with Gasteiger partial charge in [-0.25, -0.2) is 0 Å². The summed E-state index contributed by atoms with van der Waals surface area (Å²) in [5.41, 5.74) is 2.80. The van der Waals surface area contributed by atoms with Gasteiger partial charge in [0.05, 0.1) is 10.5 Å². The molecule has 1 fully saturated rings. The lowest BCUT2D eigenvalue weighted by Crippen LogP contribution is -2.49. The zero-order valence-electron chi connectivity index (χ0n) is 16.5. The number of hydrogen-bond acceptors (Lipinski definition) is 4. The van der Waals surface area contributed by atoms with Gasteiger partial charge in [-0.3, -0.25) is 19.7 Å². The quantitative estimate of drug-likeness (QED) is 0.453. The highest BCUT2D eigenvalue weighted by Crippen LogP contribution is 2.35. The van der Waals surface area contributed by atoms with Gasteiger partial charge in [0.15, 0.2) is 0 Å². The molecule has 2 amide bonds. The molecule has 2 aromatic rings. The van der Waals surface area contributed by atoms with E-state index >= 15 is 0 Å². The molecule has 0 unspecified atom stereocenters. The van der Waals surface area contributed by atoms with Crippen molar-refractivity contribution in [3.8, 4) is 11.1 Å². The maximum Gasteiger partial charge on any atom is 0.277 e. The van der Waals surface area contributed by atoms with E-state index in [4.69, 9.17) is 0 Å². The third kappa shape index (κ3) is 4.51. The van der Waals surface area contributed by atoms with E-state index in [1.165, 1.54) is 19.1 Å². The third-order valence-corrected chi connectivity index (χ3v) is 5.13. The molecule has 0 N–H and O–H groups in total. The average Bonchev–Trinajstić information content (AvgIpc) is 2.72. The van der Waals surface area contributed by atoms with Crippen LogP contribution in [-0.4, -0.2) is 52.7 Å². The second-order valence-electron chi connectivity index (χ2n) is 6.98. The molecule has 1 aliphatic heterocycles. The second-order valence-corrected chi connectivity index (χ2v) is 6.98. The number of nitro benzene ring substituents is 1. The summed E-state index contributed by atoms with van der Waals surface area (Å²) in [6.45, 7) is 5.40. The number of nitrogens with zero attached hydrogens (tertiary/aromatic N) is 3. The van der Waals surface area contributed by atoms with Crippen molar-refractivity contribution in [2.24, 2.45) is 0 Å². The maximum absolute atomic E-state index is 12.6. The van der Waals surface area contributed by atoms with Gasteiger partial charge in [0.1, 0.15) is 0 Å². The summed E-state index contributed by atoms with van der Waals surface area (Å²) in [6.07, 6.45) is 3.08. The zero-order valence-corrected chi connectivity index (χ0v) is 16.5. The summed E-state index contributed by atoms with van der Waals surface area (Å²) in [4.78, 5) is 38.6. The van der Waals surface area contributed by atoms with Crippen molar-refractivity contribution in [1.29, 1.82) is 0 Å². The fourth-order valence-corrected chi connectivity index (χ4v) is 3.50. The highest BCUT2D eigenvalue weighted by Gasteiger charge is 2.22. The van der Waals surface area contributed by atoms with Crippen molar-refractivity contribution in [3.05, 3.63) is 69.8 Å². The van der Waals surface area contributed by atoms with E-state index in [2.05, 4.69) is 0 Å². The highest BCUT2D eigenvalue weighted by atomic mass is 16.6. The fourth-order valence-electron chi connectivity index (χ4n) is 3.50. The minimum absolute atomic E-state index is 0.00368. The number of nitro groups is 1. The van der Waals surface area contributed by atoms with Crippen LogP contribution in [0.1, 0.15) is 18.1 Å². The van der Waals surface area contributed by atoms with Gasteiger partial charge < -0.3 is 9.80 Å². The van der Waals surface area contributed by atoms with Crippen LogP contribution in [0.15, 0.2) is 48.5 Å². The van der Waals surface area contributed by atoms with Gasteiger partial charge in [-0.05, 0) is 29.7 Å². The number of hydrogen-bond donors (Lipinski definition) is 0. The molecule has 2 aromatic carbocycles. The molecule has 0 saturated carbocycles. The summed E-state index contributed by atoms with van der Waals surface area (Å²) < 4.78 is 0. The van der Waals surface area contributed by atoms with Crippen molar-refractivity contribution in [2.75, 3.05) is 26.2 Å². The van der Waals surface area contributed by atoms with E-state index in [0.29, 0.717) is 37.3 Å². The van der Waals surface area contributed by atoms with E-state index in [9.17, 15) is 19.7 Å². The monoisotopic (exact) mass is 393 g/mol. The SMILES string of the molecule is CC(=O)N1CCN(C(=O)C=Cc2cccc([N+](=O)[O-])c2-c2ccccc2C)CC1. The van der Waals surface area contributed by atoms with Gasteiger partial charge in [0.2, 0.25) is 11.8 Å². The van der Waals surface area contributed by atoms with Crippen LogP contribution in [0.4, 0.5) is 5.69 Å². The summed E-state index contributed by atoms with van der Waals surface area (Å²) >= 11 is 0. The number of rotatable bonds is 4. The lowest BCUT2D eigenvalue weighted by Gasteiger charge is -2.33. The van der Waals surface area contributed by atoms with Gasteiger partial charge in [0.25, 0.3) is 5.69 Å². The molecule has 0 aliphatic carbocycles. The van der Waals surface area contributed by atoms with Gasteiger partial charge in [-0.2, -0.15) is 0 Å². The third-order valence-electron chi connectivity index (χ3n) is 5.13. The van der Waals surface area contributed by atoms with Crippen LogP contribution in [0.25, 0.3) is 17.2 Å². The Bertz CT molecular complexity index is 976.